The number of rotatable bonds is 3. The van der Waals surface area contributed by atoms with Crippen LogP contribution in [0.2, 0.25) is 0 Å². The summed E-state index contributed by atoms with van der Waals surface area (Å²) in [6.07, 6.45) is 5.30. The summed E-state index contributed by atoms with van der Waals surface area (Å²) in [5, 5.41) is 3.86. The van der Waals surface area contributed by atoms with E-state index >= 15 is 0 Å². The van der Waals surface area contributed by atoms with Crippen LogP contribution in [0.5, 0.6) is 0 Å². The first-order chi connectivity index (χ1) is 15.6. The zero-order valence-electron chi connectivity index (χ0n) is 18.4. The van der Waals surface area contributed by atoms with E-state index < -0.39 is 0 Å². The number of nitrogens with zero attached hydrogens (tertiary/aromatic N) is 1. The predicted octanol–water partition coefficient (Wildman–Crippen LogP) is 4.32. The zero-order valence-corrected chi connectivity index (χ0v) is 18.4. The lowest BCUT2D eigenvalue weighted by atomic mass is 9.68. The molecule has 5 atom stereocenters. The Hall–Kier alpha value is -2.82. The van der Waals surface area contributed by atoms with Crippen LogP contribution in [0.25, 0.3) is 0 Å². The van der Waals surface area contributed by atoms with Gasteiger partial charge < -0.3 is 16.0 Å². The van der Waals surface area contributed by atoms with Gasteiger partial charge in [0.1, 0.15) is 0 Å². The van der Waals surface area contributed by atoms with Crippen molar-refractivity contribution < 1.29 is 9.59 Å². The Bertz CT molecular complexity index is 1040. The molecule has 2 aliphatic carbocycles. The van der Waals surface area contributed by atoms with Crippen molar-refractivity contribution in [3.05, 3.63) is 65.2 Å². The number of fused-ring (bicyclic) bond motifs is 7. The van der Waals surface area contributed by atoms with E-state index in [0.29, 0.717) is 43.8 Å². The number of carbonyl (C=O) groups excluding carboxylic acids is 2. The normalized spacial score (nSPS) is 31.0. The standard InChI is InChI=1S/C27H31N3O2/c28-26(31)17-10-12-30(13-11-17)27(32)20-8-9-22-21(15-20)23-18-6-7-19(14-18)24(23)25(29-22)16-4-2-1-3-5-16/h1-5,8-9,15,17-19,23-25,29H,6-7,10-14H2,(H2,28,31)/t18-,19-,23-,24-,25-/m0/s1. The first-order valence-electron chi connectivity index (χ1n) is 12.1. The number of hydrogen-bond donors (Lipinski definition) is 2. The Kier molecular flexibility index (Phi) is 4.74. The zero-order chi connectivity index (χ0) is 21.8. The number of nitrogens with one attached hydrogen (secondary N) is 1. The number of anilines is 1. The molecule has 0 unspecified atom stereocenters. The molecular weight excluding hydrogens is 398 g/mol. The van der Waals surface area contributed by atoms with E-state index in [1.54, 1.807) is 0 Å². The fourth-order valence-electron chi connectivity index (χ4n) is 7.16. The molecule has 1 saturated heterocycles. The lowest BCUT2D eigenvalue weighted by Gasteiger charge is -2.43. The van der Waals surface area contributed by atoms with Crippen LogP contribution < -0.4 is 11.1 Å². The van der Waals surface area contributed by atoms with E-state index in [1.165, 1.54) is 36.1 Å². The van der Waals surface area contributed by atoms with Crippen molar-refractivity contribution in [2.45, 2.75) is 44.1 Å². The van der Waals surface area contributed by atoms with Crippen molar-refractivity contribution in [1.82, 2.24) is 4.90 Å². The summed E-state index contributed by atoms with van der Waals surface area (Å²) in [5.41, 5.74) is 10.1. The smallest absolute Gasteiger partial charge is 0.253 e. The Morgan fingerprint density at radius 2 is 1.69 bits per heavy atom. The van der Waals surface area contributed by atoms with Crippen molar-refractivity contribution in [2.24, 2.45) is 29.4 Å². The van der Waals surface area contributed by atoms with Crippen LogP contribution in [0.3, 0.4) is 0 Å². The predicted molar refractivity (Wildman–Crippen MR) is 124 cm³/mol. The van der Waals surface area contributed by atoms with Crippen molar-refractivity contribution >= 4 is 17.5 Å². The fraction of sp³-hybridized carbons (Fsp3) is 0.481. The van der Waals surface area contributed by atoms with E-state index in [2.05, 4.69) is 47.8 Å². The minimum absolute atomic E-state index is 0.0839. The van der Waals surface area contributed by atoms with Gasteiger partial charge in [-0.1, -0.05) is 30.3 Å². The van der Waals surface area contributed by atoms with Crippen molar-refractivity contribution in [3.8, 4) is 0 Å². The molecule has 6 rings (SSSR count). The minimum Gasteiger partial charge on any atom is -0.378 e. The molecule has 2 aliphatic heterocycles. The second-order valence-electron chi connectivity index (χ2n) is 10.2. The summed E-state index contributed by atoms with van der Waals surface area (Å²) in [7, 11) is 0. The van der Waals surface area contributed by atoms with Crippen LogP contribution in [0.4, 0.5) is 5.69 Å². The maximum Gasteiger partial charge on any atom is 0.253 e. The van der Waals surface area contributed by atoms with Gasteiger partial charge in [-0.25, -0.2) is 0 Å². The molecule has 3 N–H and O–H groups in total. The van der Waals surface area contributed by atoms with Crippen molar-refractivity contribution in [3.63, 3.8) is 0 Å². The SMILES string of the molecule is NC(=O)C1CCN(C(=O)c2ccc3c(c2)[C@@H]2[C@H]4CC[C@@H](C4)[C@@H]2[C@H](c2ccccc2)N3)CC1. The number of likely N-dealkylation sites (tertiary alicyclic amines) is 1. The molecule has 2 amide bonds. The Morgan fingerprint density at radius 1 is 0.938 bits per heavy atom. The average molecular weight is 430 g/mol. The summed E-state index contributed by atoms with van der Waals surface area (Å²) in [5.74, 6) is 2.37. The van der Waals surface area contributed by atoms with Gasteiger partial charge in [0.25, 0.3) is 5.91 Å². The van der Waals surface area contributed by atoms with Gasteiger partial charge in [0.2, 0.25) is 5.91 Å². The van der Waals surface area contributed by atoms with Crippen LogP contribution in [0.15, 0.2) is 48.5 Å². The molecular formula is C27H31N3O2. The van der Waals surface area contributed by atoms with Gasteiger partial charge in [0.05, 0.1) is 6.04 Å². The molecule has 3 fully saturated rings. The summed E-state index contributed by atoms with van der Waals surface area (Å²) < 4.78 is 0. The van der Waals surface area contributed by atoms with Crippen LogP contribution in [-0.2, 0) is 4.79 Å². The lowest BCUT2D eigenvalue weighted by Crippen LogP contribution is -2.42. The van der Waals surface area contributed by atoms with E-state index in [9.17, 15) is 9.59 Å². The molecule has 0 spiro atoms. The molecule has 5 nitrogen and oxygen atoms in total. The van der Waals surface area contributed by atoms with Crippen molar-refractivity contribution in [1.29, 1.82) is 0 Å². The van der Waals surface area contributed by atoms with E-state index in [0.717, 1.165) is 17.4 Å². The second-order valence-corrected chi connectivity index (χ2v) is 10.2. The summed E-state index contributed by atoms with van der Waals surface area (Å²) >= 11 is 0. The number of nitrogens with two attached hydrogens (primary N) is 1. The van der Waals surface area contributed by atoms with Gasteiger partial charge >= 0.3 is 0 Å². The Labute approximate surface area is 189 Å². The highest BCUT2D eigenvalue weighted by Gasteiger charge is 2.53. The largest absolute Gasteiger partial charge is 0.378 e. The van der Waals surface area contributed by atoms with Crippen LogP contribution >= 0.6 is 0 Å². The number of hydrogen-bond acceptors (Lipinski definition) is 3. The second kappa shape index (κ2) is 7.65. The number of amides is 2. The van der Waals surface area contributed by atoms with Gasteiger partial charge in [0.15, 0.2) is 0 Å². The summed E-state index contributed by atoms with van der Waals surface area (Å²) in [6.45, 7) is 1.21. The summed E-state index contributed by atoms with van der Waals surface area (Å²) in [6, 6.07) is 17.5. The van der Waals surface area contributed by atoms with Gasteiger partial charge in [-0.2, -0.15) is 0 Å². The minimum atomic E-state index is -0.243. The Morgan fingerprint density at radius 3 is 2.44 bits per heavy atom. The third-order valence-electron chi connectivity index (χ3n) is 8.68. The molecule has 5 heteroatoms. The molecule has 2 saturated carbocycles. The number of benzene rings is 2. The molecule has 32 heavy (non-hydrogen) atoms. The highest BCUT2D eigenvalue weighted by Crippen LogP contribution is 2.63. The molecule has 2 aromatic rings. The molecule has 166 valence electrons. The first-order valence-corrected chi connectivity index (χ1v) is 12.1. The third-order valence-corrected chi connectivity index (χ3v) is 8.68. The number of primary amides is 1. The van der Waals surface area contributed by atoms with Gasteiger partial charge in [-0.15, -0.1) is 0 Å². The maximum atomic E-state index is 13.3. The monoisotopic (exact) mass is 429 g/mol. The average Bonchev–Trinajstić information content (AvgIpc) is 3.46. The fourth-order valence-corrected chi connectivity index (χ4v) is 7.16. The van der Waals surface area contributed by atoms with Crippen LogP contribution in [-0.4, -0.2) is 29.8 Å². The van der Waals surface area contributed by atoms with Crippen molar-refractivity contribution in [2.75, 3.05) is 18.4 Å². The topological polar surface area (TPSA) is 75.4 Å². The molecule has 2 heterocycles. The van der Waals surface area contributed by atoms with Crippen LogP contribution in [0, 0.1) is 23.7 Å². The highest BCUT2D eigenvalue weighted by atomic mass is 16.2. The molecule has 2 bridgehead atoms. The quantitative estimate of drug-likeness (QED) is 0.763. The van der Waals surface area contributed by atoms with E-state index in [4.69, 9.17) is 5.73 Å². The number of carbonyl (C=O) groups is 2. The Balaban J connectivity index is 1.30. The molecule has 4 aliphatic rings. The maximum absolute atomic E-state index is 13.3. The van der Waals surface area contributed by atoms with Gasteiger partial charge in [-0.3, -0.25) is 9.59 Å². The van der Waals surface area contributed by atoms with Gasteiger partial charge in [-0.05, 0) is 85.1 Å². The molecule has 0 radical (unpaired) electrons. The van der Waals surface area contributed by atoms with E-state index in [-0.39, 0.29) is 17.7 Å². The van der Waals surface area contributed by atoms with Gasteiger partial charge in [0, 0.05) is 30.3 Å². The van der Waals surface area contributed by atoms with Crippen LogP contribution in [0.1, 0.15) is 65.5 Å². The molecule has 2 aromatic carbocycles. The third kappa shape index (κ3) is 3.13. The molecule has 0 aromatic heterocycles. The number of piperidine rings is 1. The highest BCUT2D eigenvalue weighted by molar-refractivity contribution is 5.95. The van der Waals surface area contributed by atoms with E-state index in [1.807, 2.05) is 11.0 Å². The first kappa shape index (κ1) is 19.8. The summed E-state index contributed by atoms with van der Waals surface area (Å²) in [4.78, 5) is 26.7. The lowest BCUT2D eigenvalue weighted by molar-refractivity contribution is -0.123.